The van der Waals surface area contributed by atoms with E-state index in [1.54, 1.807) is 0 Å². The van der Waals surface area contributed by atoms with Gasteiger partial charge in [0.25, 0.3) is 0 Å². The van der Waals surface area contributed by atoms with Gasteiger partial charge in [-0.2, -0.15) is 0 Å². The number of anilines is 2. The Labute approximate surface area is 128 Å². The fraction of sp³-hybridized carbons (Fsp3) is 0.667. The molecule has 3 unspecified atom stereocenters. The summed E-state index contributed by atoms with van der Waals surface area (Å²) >= 11 is 0. The van der Waals surface area contributed by atoms with Gasteiger partial charge in [0, 0.05) is 25.3 Å². The van der Waals surface area contributed by atoms with Crippen LogP contribution < -0.4 is 15.4 Å². The molecule has 3 atom stereocenters. The smallest absolute Gasteiger partial charge is 0.144 e. The molecule has 2 fully saturated rings. The topological polar surface area (TPSA) is 38.5 Å². The van der Waals surface area contributed by atoms with Gasteiger partial charge in [-0.25, -0.2) is 0 Å². The molecule has 3 rings (SSSR count). The van der Waals surface area contributed by atoms with E-state index in [0.717, 1.165) is 48.8 Å². The van der Waals surface area contributed by atoms with Crippen LogP contribution in [0.3, 0.4) is 0 Å². The summed E-state index contributed by atoms with van der Waals surface area (Å²) in [5.41, 5.74) is 7.96. The summed E-state index contributed by atoms with van der Waals surface area (Å²) in [5.74, 6) is 3.70. The Morgan fingerprint density at radius 2 is 2.14 bits per heavy atom. The molecule has 0 heterocycles. The van der Waals surface area contributed by atoms with Gasteiger partial charge in [-0.05, 0) is 55.6 Å². The molecular formula is C18H28N2O. The lowest BCUT2D eigenvalue weighted by atomic mass is 9.88. The van der Waals surface area contributed by atoms with Crippen molar-refractivity contribution in [2.75, 3.05) is 30.8 Å². The van der Waals surface area contributed by atoms with Crippen LogP contribution in [0.5, 0.6) is 5.75 Å². The van der Waals surface area contributed by atoms with Crippen molar-refractivity contribution in [2.45, 2.75) is 39.0 Å². The Bertz CT molecular complexity index is 488. The van der Waals surface area contributed by atoms with Gasteiger partial charge in [0.2, 0.25) is 0 Å². The van der Waals surface area contributed by atoms with Gasteiger partial charge < -0.3 is 15.4 Å². The lowest BCUT2D eigenvalue weighted by Gasteiger charge is -2.29. The summed E-state index contributed by atoms with van der Waals surface area (Å²) < 4.78 is 5.74. The van der Waals surface area contributed by atoms with Crippen molar-refractivity contribution in [1.29, 1.82) is 0 Å². The molecule has 21 heavy (non-hydrogen) atoms. The second-order valence-corrected chi connectivity index (χ2v) is 6.89. The molecule has 0 saturated heterocycles. The zero-order valence-corrected chi connectivity index (χ0v) is 13.3. The maximum absolute atomic E-state index is 6.00. The van der Waals surface area contributed by atoms with Crippen LogP contribution in [0.1, 0.15) is 39.0 Å². The molecule has 1 aromatic rings. The lowest BCUT2D eigenvalue weighted by molar-refractivity contribution is 0.318. The van der Waals surface area contributed by atoms with E-state index in [2.05, 4.69) is 31.0 Å². The Kier molecular flexibility index (Phi) is 4.27. The van der Waals surface area contributed by atoms with Crippen LogP contribution >= 0.6 is 0 Å². The molecule has 2 saturated carbocycles. The number of hydrogen-bond donors (Lipinski definition) is 1. The minimum Gasteiger partial charge on any atom is -0.491 e. The van der Waals surface area contributed by atoms with Crippen LogP contribution in [-0.2, 0) is 0 Å². The van der Waals surface area contributed by atoms with E-state index < -0.39 is 0 Å². The first-order valence-corrected chi connectivity index (χ1v) is 8.40. The number of fused-ring (bicyclic) bond motifs is 2. The highest BCUT2D eigenvalue weighted by molar-refractivity contribution is 5.62. The van der Waals surface area contributed by atoms with Crippen LogP contribution in [0.15, 0.2) is 18.2 Å². The molecule has 116 valence electrons. The summed E-state index contributed by atoms with van der Waals surface area (Å²) in [6.07, 6.45) is 6.84. The van der Waals surface area contributed by atoms with E-state index >= 15 is 0 Å². The monoisotopic (exact) mass is 288 g/mol. The molecule has 3 nitrogen and oxygen atoms in total. The van der Waals surface area contributed by atoms with Gasteiger partial charge in [-0.3, -0.25) is 0 Å². The summed E-state index contributed by atoms with van der Waals surface area (Å²) in [6, 6.07) is 6.18. The first kappa shape index (κ1) is 14.6. The van der Waals surface area contributed by atoms with Crippen molar-refractivity contribution in [3.63, 3.8) is 0 Å². The number of benzene rings is 1. The zero-order valence-electron chi connectivity index (χ0n) is 13.3. The Hall–Kier alpha value is -1.38. The maximum Gasteiger partial charge on any atom is 0.144 e. The third kappa shape index (κ3) is 3.12. The molecule has 2 bridgehead atoms. The largest absolute Gasteiger partial charge is 0.491 e. The molecule has 0 spiro atoms. The summed E-state index contributed by atoms with van der Waals surface area (Å²) in [7, 11) is 2.20. The van der Waals surface area contributed by atoms with Gasteiger partial charge in [0.1, 0.15) is 5.75 Å². The van der Waals surface area contributed by atoms with Gasteiger partial charge in [0.15, 0.2) is 0 Å². The minimum absolute atomic E-state index is 0.726. The van der Waals surface area contributed by atoms with Crippen molar-refractivity contribution in [3.05, 3.63) is 18.2 Å². The van der Waals surface area contributed by atoms with Gasteiger partial charge in [0.05, 0.1) is 12.3 Å². The van der Waals surface area contributed by atoms with E-state index in [1.807, 2.05) is 6.07 Å². The number of rotatable bonds is 6. The van der Waals surface area contributed by atoms with Crippen LogP contribution in [-0.4, -0.2) is 20.2 Å². The number of hydrogen-bond acceptors (Lipinski definition) is 3. The van der Waals surface area contributed by atoms with E-state index in [9.17, 15) is 0 Å². The van der Waals surface area contributed by atoms with Gasteiger partial charge in [-0.15, -0.1) is 0 Å². The summed E-state index contributed by atoms with van der Waals surface area (Å²) in [6.45, 7) is 4.00. The lowest BCUT2D eigenvalue weighted by Crippen LogP contribution is -2.28. The van der Waals surface area contributed by atoms with Crippen LogP contribution in [0.2, 0.25) is 0 Å². The number of nitrogens with two attached hydrogens (primary N) is 1. The van der Waals surface area contributed by atoms with Gasteiger partial charge >= 0.3 is 0 Å². The third-order valence-corrected chi connectivity index (χ3v) is 5.29. The van der Waals surface area contributed by atoms with Crippen molar-refractivity contribution < 1.29 is 4.74 Å². The van der Waals surface area contributed by atoms with E-state index in [1.165, 1.54) is 31.4 Å². The summed E-state index contributed by atoms with van der Waals surface area (Å²) in [4.78, 5) is 2.38. The van der Waals surface area contributed by atoms with Gasteiger partial charge in [-0.1, -0.05) is 13.3 Å². The van der Waals surface area contributed by atoms with Crippen molar-refractivity contribution in [1.82, 2.24) is 0 Å². The molecule has 0 amide bonds. The highest BCUT2D eigenvalue weighted by Crippen LogP contribution is 2.48. The molecule has 2 aliphatic carbocycles. The maximum atomic E-state index is 6.00. The highest BCUT2D eigenvalue weighted by Gasteiger charge is 2.39. The number of ether oxygens (including phenoxy) is 1. The third-order valence-electron chi connectivity index (χ3n) is 5.29. The first-order chi connectivity index (χ1) is 10.2. The van der Waals surface area contributed by atoms with E-state index in [4.69, 9.17) is 10.5 Å². The van der Waals surface area contributed by atoms with E-state index in [-0.39, 0.29) is 0 Å². The summed E-state index contributed by atoms with van der Waals surface area (Å²) in [5, 5.41) is 0. The van der Waals surface area contributed by atoms with Crippen molar-refractivity contribution >= 4 is 11.4 Å². The number of nitrogen functional groups attached to an aromatic ring is 1. The fourth-order valence-corrected chi connectivity index (χ4v) is 4.15. The molecule has 3 heteroatoms. The Balaban J connectivity index is 1.65. The highest BCUT2D eigenvalue weighted by atomic mass is 16.5. The molecule has 2 aliphatic rings. The normalized spacial score (nSPS) is 27.0. The first-order valence-electron chi connectivity index (χ1n) is 8.40. The predicted molar refractivity (Wildman–Crippen MR) is 88.8 cm³/mol. The molecule has 1 aromatic carbocycles. The number of nitrogens with zero attached hydrogens (tertiary/aromatic N) is 1. The van der Waals surface area contributed by atoms with Crippen LogP contribution in [0.4, 0.5) is 11.4 Å². The van der Waals surface area contributed by atoms with Crippen LogP contribution in [0, 0.1) is 17.8 Å². The average Bonchev–Trinajstić information content (AvgIpc) is 3.09. The predicted octanol–water partition coefficient (Wildman–Crippen LogP) is 3.93. The zero-order chi connectivity index (χ0) is 14.8. The second-order valence-electron chi connectivity index (χ2n) is 6.89. The average molecular weight is 288 g/mol. The molecule has 0 aliphatic heterocycles. The Morgan fingerprint density at radius 1 is 1.29 bits per heavy atom. The minimum atomic E-state index is 0.726. The molecule has 0 radical (unpaired) electrons. The van der Waals surface area contributed by atoms with Crippen LogP contribution in [0.25, 0.3) is 0 Å². The van der Waals surface area contributed by atoms with Crippen molar-refractivity contribution in [2.24, 2.45) is 17.8 Å². The fourth-order valence-electron chi connectivity index (χ4n) is 4.15. The molecular weight excluding hydrogens is 260 g/mol. The second kappa shape index (κ2) is 6.17. The Morgan fingerprint density at radius 3 is 2.81 bits per heavy atom. The van der Waals surface area contributed by atoms with E-state index in [0.29, 0.717) is 0 Å². The SMILES string of the molecule is CCCOc1cc(N(C)CC2CC3CCC2C3)ccc1N. The molecule has 2 N–H and O–H groups in total. The quantitative estimate of drug-likeness (QED) is 0.806. The van der Waals surface area contributed by atoms with Crippen molar-refractivity contribution in [3.8, 4) is 5.75 Å². The molecule has 0 aromatic heterocycles. The standard InChI is InChI=1S/C18H28N2O/c1-3-8-21-18-11-16(6-7-17(18)19)20(2)12-15-10-13-4-5-14(15)9-13/h6-7,11,13-15H,3-5,8-10,12,19H2,1-2H3.